The van der Waals surface area contributed by atoms with Crippen molar-refractivity contribution in [2.75, 3.05) is 24.2 Å². The monoisotopic (exact) mass is 369 g/mol. The van der Waals surface area contributed by atoms with Crippen molar-refractivity contribution in [2.45, 2.75) is 56.1 Å². The maximum atomic E-state index is 12.2. The quantitative estimate of drug-likeness (QED) is 0.774. The lowest BCUT2D eigenvalue weighted by molar-refractivity contribution is -0.115. The van der Waals surface area contributed by atoms with E-state index in [2.05, 4.69) is 20.7 Å². The van der Waals surface area contributed by atoms with E-state index in [4.69, 9.17) is 0 Å². The summed E-state index contributed by atoms with van der Waals surface area (Å²) in [6.07, 6.45) is 5.32. The van der Waals surface area contributed by atoms with Crippen molar-refractivity contribution < 1.29 is 13.2 Å². The third-order valence-electron chi connectivity index (χ3n) is 5.16. The normalized spacial score (nSPS) is 20.0. The van der Waals surface area contributed by atoms with Gasteiger partial charge in [-0.1, -0.05) is 12.8 Å². The summed E-state index contributed by atoms with van der Waals surface area (Å²) in [5.41, 5.74) is 0. The number of hydrogen-bond donors (Lipinski definition) is 2. The van der Waals surface area contributed by atoms with Crippen LogP contribution in [0.4, 0.5) is 5.95 Å². The standard InChI is InChI=1S/C16H27N5O3S/c1-21-16(19-15(20-21)12-6-9-17-10-7-12)18-14(22)8-11-25(23,24)13-4-2-3-5-13/h12-13,17H,2-11H2,1H3,(H,18,19,20,22). The number of carbonyl (C=O) groups excluding carboxylic acids is 1. The van der Waals surface area contributed by atoms with Crippen LogP contribution in [0.2, 0.25) is 0 Å². The molecule has 0 radical (unpaired) electrons. The lowest BCUT2D eigenvalue weighted by atomic mass is 9.98. The molecule has 2 heterocycles. The van der Waals surface area contributed by atoms with Crippen LogP contribution in [-0.4, -0.2) is 53.2 Å². The van der Waals surface area contributed by atoms with E-state index in [0.717, 1.165) is 57.4 Å². The summed E-state index contributed by atoms with van der Waals surface area (Å²) in [4.78, 5) is 16.6. The molecule has 1 aromatic heterocycles. The predicted octanol–water partition coefficient (Wildman–Crippen LogP) is 0.968. The molecule has 1 saturated heterocycles. The highest BCUT2D eigenvalue weighted by atomic mass is 32.2. The van der Waals surface area contributed by atoms with Crippen molar-refractivity contribution in [3.8, 4) is 0 Å². The number of aromatic nitrogens is 3. The number of anilines is 1. The Morgan fingerprint density at radius 3 is 2.60 bits per heavy atom. The topological polar surface area (TPSA) is 106 Å². The Morgan fingerprint density at radius 1 is 1.24 bits per heavy atom. The lowest BCUT2D eigenvalue weighted by Crippen LogP contribution is -2.27. The van der Waals surface area contributed by atoms with Crippen LogP contribution < -0.4 is 10.6 Å². The van der Waals surface area contributed by atoms with Crippen LogP contribution in [0.3, 0.4) is 0 Å². The average molecular weight is 369 g/mol. The summed E-state index contributed by atoms with van der Waals surface area (Å²) >= 11 is 0. The van der Waals surface area contributed by atoms with Gasteiger partial charge in [-0.15, -0.1) is 0 Å². The van der Waals surface area contributed by atoms with E-state index in [1.54, 1.807) is 11.7 Å². The van der Waals surface area contributed by atoms with E-state index in [1.807, 2.05) is 0 Å². The van der Waals surface area contributed by atoms with Gasteiger partial charge in [-0.3, -0.25) is 10.1 Å². The van der Waals surface area contributed by atoms with Crippen LogP contribution in [-0.2, 0) is 21.7 Å². The zero-order valence-corrected chi connectivity index (χ0v) is 15.5. The molecule has 1 amide bonds. The number of nitrogens with one attached hydrogen (secondary N) is 2. The fourth-order valence-electron chi connectivity index (χ4n) is 3.60. The van der Waals surface area contributed by atoms with Gasteiger partial charge in [0.15, 0.2) is 15.7 Å². The molecule has 1 aliphatic carbocycles. The van der Waals surface area contributed by atoms with Crippen molar-refractivity contribution in [1.82, 2.24) is 20.1 Å². The molecule has 1 aromatic rings. The molecule has 9 heteroatoms. The minimum atomic E-state index is -3.18. The molecule has 8 nitrogen and oxygen atoms in total. The Bertz CT molecular complexity index is 703. The second-order valence-electron chi connectivity index (χ2n) is 7.01. The molecule has 1 aliphatic heterocycles. The van der Waals surface area contributed by atoms with Crippen molar-refractivity contribution in [3.63, 3.8) is 0 Å². The molecule has 3 rings (SSSR count). The number of amides is 1. The van der Waals surface area contributed by atoms with Crippen molar-refractivity contribution in [2.24, 2.45) is 7.05 Å². The summed E-state index contributed by atoms with van der Waals surface area (Å²) < 4.78 is 26.1. The van der Waals surface area contributed by atoms with E-state index < -0.39 is 9.84 Å². The van der Waals surface area contributed by atoms with E-state index in [0.29, 0.717) is 11.9 Å². The molecule has 0 aromatic carbocycles. The highest BCUT2D eigenvalue weighted by Gasteiger charge is 2.29. The van der Waals surface area contributed by atoms with Gasteiger partial charge in [0.2, 0.25) is 11.9 Å². The summed E-state index contributed by atoms with van der Waals surface area (Å²) in [6, 6.07) is 0. The number of rotatable bonds is 6. The minimum absolute atomic E-state index is 0.0334. The van der Waals surface area contributed by atoms with Gasteiger partial charge in [0.25, 0.3) is 0 Å². The number of sulfone groups is 1. The van der Waals surface area contributed by atoms with Gasteiger partial charge in [0.1, 0.15) is 0 Å². The smallest absolute Gasteiger partial charge is 0.227 e. The van der Waals surface area contributed by atoms with E-state index in [1.165, 1.54) is 0 Å². The zero-order valence-electron chi connectivity index (χ0n) is 14.7. The van der Waals surface area contributed by atoms with Gasteiger partial charge in [0.05, 0.1) is 11.0 Å². The second kappa shape index (κ2) is 7.82. The molecule has 2 aliphatic rings. The van der Waals surface area contributed by atoms with Crippen molar-refractivity contribution in [3.05, 3.63) is 5.82 Å². The molecule has 0 bridgehead atoms. The van der Waals surface area contributed by atoms with Crippen LogP contribution in [0.15, 0.2) is 0 Å². The number of nitrogens with zero attached hydrogens (tertiary/aromatic N) is 3. The van der Waals surface area contributed by atoms with Crippen molar-refractivity contribution in [1.29, 1.82) is 0 Å². The first kappa shape index (κ1) is 18.3. The lowest BCUT2D eigenvalue weighted by Gasteiger charge is -2.19. The maximum absolute atomic E-state index is 12.2. The summed E-state index contributed by atoms with van der Waals surface area (Å²) in [5, 5.41) is 10.1. The molecule has 2 N–H and O–H groups in total. The molecule has 0 unspecified atom stereocenters. The van der Waals surface area contributed by atoms with Gasteiger partial charge in [-0.05, 0) is 38.8 Å². The Morgan fingerprint density at radius 2 is 1.92 bits per heavy atom. The Kier molecular flexibility index (Phi) is 5.73. The summed E-state index contributed by atoms with van der Waals surface area (Å²) in [7, 11) is -1.44. The largest absolute Gasteiger partial charge is 0.317 e. The third kappa shape index (κ3) is 4.58. The van der Waals surface area contributed by atoms with Crippen LogP contribution in [0.5, 0.6) is 0 Å². The first-order chi connectivity index (χ1) is 12.0. The van der Waals surface area contributed by atoms with Gasteiger partial charge >= 0.3 is 0 Å². The first-order valence-corrected chi connectivity index (χ1v) is 10.8. The van der Waals surface area contributed by atoms with Crippen LogP contribution in [0.25, 0.3) is 0 Å². The third-order valence-corrected chi connectivity index (χ3v) is 7.42. The number of piperidine rings is 1. The maximum Gasteiger partial charge on any atom is 0.227 e. The van der Waals surface area contributed by atoms with Gasteiger partial charge in [0, 0.05) is 19.4 Å². The molecule has 1 saturated carbocycles. The SMILES string of the molecule is Cn1nc(C2CCNCC2)nc1NC(=O)CCS(=O)(=O)C1CCCC1. The summed E-state index contributed by atoms with van der Waals surface area (Å²) in [5.74, 6) is 1.02. The number of aryl methyl sites for hydroxylation is 1. The molecule has 0 atom stereocenters. The zero-order chi connectivity index (χ0) is 17.9. The van der Waals surface area contributed by atoms with Crippen LogP contribution in [0, 0.1) is 0 Å². The van der Waals surface area contributed by atoms with Gasteiger partial charge in [-0.2, -0.15) is 10.1 Å². The molecule has 140 valence electrons. The highest BCUT2D eigenvalue weighted by molar-refractivity contribution is 7.92. The van der Waals surface area contributed by atoms with Crippen molar-refractivity contribution >= 4 is 21.7 Å². The van der Waals surface area contributed by atoms with Gasteiger partial charge in [-0.25, -0.2) is 13.1 Å². The van der Waals surface area contributed by atoms with E-state index >= 15 is 0 Å². The average Bonchev–Trinajstić information content (AvgIpc) is 3.25. The van der Waals surface area contributed by atoms with Crippen LogP contribution in [0.1, 0.15) is 56.7 Å². The second-order valence-corrected chi connectivity index (χ2v) is 9.41. The predicted molar refractivity (Wildman–Crippen MR) is 95.1 cm³/mol. The Balaban J connectivity index is 1.55. The van der Waals surface area contributed by atoms with Crippen LogP contribution >= 0.6 is 0 Å². The molecule has 0 spiro atoms. The molecular formula is C16H27N5O3S. The molecular weight excluding hydrogens is 342 g/mol. The summed E-state index contributed by atoms with van der Waals surface area (Å²) in [6.45, 7) is 1.90. The Hall–Kier alpha value is -1.48. The fourth-order valence-corrected chi connectivity index (χ4v) is 5.46. The highest BCUT2D eigenvalue weighted by Crippen LogP contribution is 2.26. The Labute approximate surface area is 148 Å². The molecule has 25 heavy (non-hydrogen) atoms. The molecule has 2 fully saturated rings. The first-order valence-electron chi connectivity index (χ1n) is 9.09. The van der Waals surface area contributed by atoms with E-state index in [-0.39, 0.29) is 23.3 Å². The van der Waals surface area contributed by atoms with Gasteiger partial charge < -0.3 is 5.32 Å². The minimum Gasteiger partial charge on any atom is -0.317 e. The number of hydrogen-bond acceptors (Lipinski definition) is 6. The van der Waals surface area contributed by atoms with E-state index in [9.17, 15) is 13.2 Å². The number of carbonyl (C=O) groups is 1. The fraction of sp³-hybridized carbons (Fsp3) is 0.812.